The fraction of sp³-hybridized carbons (Fsp3) is 0.278. The summed E-state index contributed by atoms with van der Waals surface area (Å²) >= 11 is 0. The summed E-state index contributed by atoms with van der Waals surface area (Å²) in [5.74, 6) is 0. The van der Waals surface area contributed by atoms with Gasteiger partial charge in [-0.15, -0.1) is 0 Å². The van der Waals surface area contributed by atoms with E-state index in [-0.39, 0.29) is 5.41 Å². The monoisotopic (exact) mass is 262 g/mol. The molecule has 1 heterocycles. The molecule has 0 saturated heterocycles. The van der Waals surface area contributed by atoms with Crippen LogP contribution in [0.2, 0.25) is 0 Å². The van der Waals surface area contributed by atoms with E-state index in [1.165, 1.54) is 22.4 Å². The average Bonchev–Trinajstić information content (AvgIpc) is 2.48. The summed E-state index contributed by atoms with van der Waals surface area (Å²) in [5.41, 5.74) is 4.57. The van der Waals surface area contributed by atoms with Crippen molar-refractivity contribution < 1.29 is 0 Å². The van der Waals surface area contributed by atoms with E-state index < -0.39 is 0 Å². The molecular formula is C18H18N2. The van der Waals surface area contributed by atoms with Gasteiger partial charge < -0.3 is 5.32 Å². The topological polar surface area (TPSA) is 35.8 Å². The highest BCUT2D eigenvalue weighted by Crippen LogP contribution is 2.35. The van der Waals surface area contributed by atoms with Crippen molar-refractivity contribution in [2.24, 2.45) is 5.41 Å². The predicted octanol–water partition coefficient (Wildman–Crippen LogP) is 3.72. The molecule has 20 heavy (non-hydrogen) atoms. The number of nitrogens with zero attached hydrogens (tertiary/aromatic N) is 1. The van der Waals surface area contributed by atoms with Gasteiger partial charge in [0.25, 0.3) is 0 Å². The van der Waals surface area contributed by atoms with Gasteiger partial charge in [0.15, 0.2) is 0 Å². The lowest BCUT2D eigenvalue weighted by Crippen LogP contribution is -2.37. The maximum atomic E-state index is 9.71. The number of rotatable bonds is 2. The normalized spacial score (nSPS) is 20.6. The molecule has 0 radical (unpaired) electrons. The fourth-order valence-electron chi connectivity index (χ4n) is 2.96. The Morgan fingerprint density at radius 3 is 2.75 bits per heavy atom. The molecule has 0 saturated carbocycles. The van der Waals surface area contributed by atoms with E-state index >= 15 is 0 Å². The Bertz CT molecular complexity index is 655. The molecule has 0 spiro atoms. The SMILES string of the molecule is Cc1ccc2c(c1)C[C@@](C#N)(Cc1ccccc1)CN2. The van der Waals surface area contributed by atoms with Gasteiger partial charge in [0, 0.05) is 12.2 Å². The van der Waals surface area contributed by atoms with Gasteiger partial charge in [-0.1, -0.05) is 48.0 Å². The van der Waals surface area contributed by atoms with Crippen LogP contribution >= 0.6 is 0 Å². The summed E-state index contributed by atoms with van der Waals surface area (Å²) in [6.45, 7) is 2.81. The minimum absolute atomic E-state index is 0.345. The zero-order valence-electron chi connectivity index (χ0n) is 11.7. The van der Waals surface area contributed by atoms with Crippen LogP contribution in [0.4, 0.5) is 5.69 Å². The summed E-state index contributed by atoms with van der Waals surface area (Å²) in [5, 5.41) is 13.1. The molecular weight excluding hydrogens is 244 g/mol. The number of hydrogen-bond donors (Lipinski definition) is 1. The number of nitriles is 1. The Morgan fingerprint density at radius 2 is 2.00 bits per heavy atom. The van der Waals surface area contributed by atoms with Gasteiger partial charge >= 0.3 is 0 Å². The number of fused-ring (bicyclic) bond motifs is 1. The van der Waals surface area contributed by atoms with E-state index in [1.807, 2.05) is 18.2 Å². The first kappa shape index (κ1) is 12.7. The number of nitrogens with one attached hydrogen (secondary N) is 1. The smallest absolute Gasteiger partial charge is 0.0826 e. The van der Waals surface area contributed by atoms with Gasteiger partial charge in [0.05, 0.1) is 11.5 Å². The average molecular weight is 262 g/mol. The molecule has 0 unspecified atom stereocenters. The first-order valence-electron chi connectivity index (χ1n) is 6.99. The second kappa shape index (κ2) is 5.02. The Morgan fingerprint density at radius 1 is 1.20 bits per heavy atom. The highest BCUT2D eigenvalue weighted by atomic mass is 14.9. The number of anilines is 1. The van der Waals surface area contributed by atoms with Gasteiger partial charge in [-0.05, 0) is 37.0 Å². The molecule has 1 atom stereocenters. The van der Waals surface area contributed by atoms with E-state index in [2.05, 4.69) is 48.6 Å². The third kappa shape index (κ3) is 2.40. The highest BCUT2D eigenvalue weighted by molar-refractivity contribution is 5.56. The zero-order valence-corrected chi connectivity index (χ0v) is 11.7. The first-order chi connectivity index (χ1) is 9.71. The molecule has 2 aromatic carbocycles. The molecule has 100 valence electrons. The standard InChI is InChI=1S/C18H18N2/c1-14-7-8-17-16(9-14)11-18(12-19,13-20-17)10-15-5-3-2-4-6-15/h2-9,20H,10-11,13H2,1H3/t18-/m1/s1. The first-order valence-corrected chi connectivity index (χ1v) is 6.99. The summed E-state index contributed by atoms with van der Waals surface area (Å²) in [4.78, 5) is 0. The number of aryl methyl sites for hydroxylation is 1. The second-order valence-corrected chi connectivity index (χ2v) is 5.75. The molecule has 2 nitrogen and oxygen atoms in total. The van der Waals surface area contributed by atoms with Crippen LogP contribution in [0.15, 0.2) is 48.5 Å². The van der Waals surface area contributed by atoms with Crippen LogP contribution < -0.4 is 5.32 Å². The van der Waals surface area contributed by atoms with Crippen molar-refractivity contribution >= 4 is 5.69 Å². The van der Waals surface area contributed by atoms with Gasteiger partial charge in [-0.3, -0.25) is 0 Å². The lowest BCUT2D eigenvalue weighted by Gasteiger charge is -2.33. The van der Waals surface area contributed by atoms with Gasteiger partial charge in [0.2, 0.25) is 0 Å². The molecule has 1 N–H and O–H groups in total. The van der Waals surface area contributed by atoms with Crippen LogP contribution in [0.25, 0.3) is 0 Å². The zero-order chi connectivity index (χ0) is 14.0. The Kier molecular flexibility index (Phi) is 3.20. The van der Waals surface area contributed by atoms with E-state index in [0.29, 0.717) is 6.54 Å². The van der Waals surface area contributed by atoms with Crippen molar-refractivity contribution in [3.05, 3.63) is 65.2 Å². The van der Waals surface area contributed by atoms with Crippen LogP contribution in [0.1, 0.15) is 16.7 Å². The van der Waals surface area contributed by atoms with Crippen molar-refractivity contribution in [3.63, 3.8) is 0 Å². The van der Waals surface area contributed by atoms with E-state index in [9.17, 15) is 5.26 Å². The largest absolute Gasteiger partial charge is 0.383 e. The van der Waals surface area contributed by atoms with E-state index in [0.717, 1.165) is 12.8 Å². The molecule has 0 aromatic heterocycles. The number of benzene rings is 2. The molecule has 0 aliphatic carbocycles. The van der Waals surface area contributed by atoms with Gasteiger partial charge in [-0.2, -0.15) is 5.26 Å². The second-order valence-electron chi connectivity index (χ2n) is 5.75. The third-order valence-electron chi connectivity index (χ3n) is 4.03. The molecule has 1 aliphatic rings. The molecule has 2 heteroatoms. The van der Waals surface area contributed by atoms with Crippen molar-refractivity contribution in [2.75, 3.05) is 11.9 Å². The minimum atomic E-state index is -0.345. The molecule has 0 amide bonds. The van der Waals surface area contributed by atoms with Crippen molar-refractivity contribution in [2.45, 2.75) is 19.8 Å². The minimum Gasteiger partial charge on any atom is -0.383 e. The van der Waals surface area contributed by atoms with Crippen LogP contribution in [-0.2, 0) is 12.8 Å². The predicted molar refractivity (Wildman–Crippen MR) is 81.6 cm³/mol. The quantitative estimate of drug-likeness (QED) is 0.895. The Hall–Kier alpha value is -2.27. The van der Waals surface area contributed by atoms with E-state index in [1.54, 1.807) is 0 Å². The lowest BCUT2D eigenvalue weighted by atomic mass is 9.75. The summed E-state index contributed by atoms with van der Waals surface area (Å²) < 4.78 is 0. The van der Waals surface area contributed by atoms with Crippen LogP contribution in [-0.4, -0.2) is 6.54 Å². The van der Waals surface area contributed by atoms with Crippen LogP contribution in [0.3, 0.4) is 0 Å². The van der Waals surface area contributed by atoms with E-state index in [4.69, 9.17) is 0 Å². The number of hydrogen-bond acceptors (Lipinski definition) is 2. The maximum Gasteiger partial charge on any atom is 0.0826 e. The fourth-order valence-corrected chi connectivity index (χ4v) is 2.96. The molecule has 2 aromatic rings. The lowest BCUT2D eigenvalue weighted by molar-refractivity contribution is 0.404. The molecule has 0 bridgehead atoms. The summed E-state index contributed by atoms with van der Waals surface area (Å²) in [7, 11) is 0. The van der Waals surface area contributed by atoms with Crippen molar-refractivity contribution in [1.82, 2.24) is 0 Å². The van der Waals surface area contributed by atoms with Crippen molar-refractivity contribution in [1.29, 1.82) is 5.26 Å². The Labute approximate surface area is 120 Å². The van der Waals surface area contributed by atoms with Crippen LogP contribution in [0.5, 0.6) is 0 Å². The summed E-state index contributed by atoms with van der Waals surface area (Å²) in [6.07, 6.45) is 1.62. The molecule has 0 fully saturated rings. The van der Waals surface area contributed by atoms with Crippen molar-refractivity contribution in [3.8, 4) is 6.07 Å². The maximum absolute atomic E-state index is 9.71. The van der Waals surface area contributed by atoms with Crippen LogP contribution in [0, 0.1) is 23.7 Å². The van der Waals surface area contributed by atoms with Gasteiger partial charge in [0.1, 0.15) is 0 Å². The third-order valence-corrected chi connectivity index (χ3v) is 4.03. The Balaban J connectivity index is 1.90. The van der Waals surface area contributed by atoms with Gasteiger partial charge in [-0.25, -0.2) is 0 Å². The molecule has 3 rings (SSSR count). The highest BCUT2D eigenvalue weighted by Gasteiger charge is 2.34. The molecule has 1 aliphatic heterocycles. The summed E-state index contributed by atoms with van der Waals surface area (Å²) in [6, 6.07) is 19.3.